The van der Waals surface area contributed by atoms with Crippen molar-refractivity contribution in [3.8, 4) is 11.5 Å². The predicted molar refractivity (Wildman–Crippen MR) is 87.1 cm³/mol. The third-order valence-electron chi connectivity index (χ3n) is 3.09. The van der Waals surface area contributed by atoms with Gasteiger partial charge >= 0.3 is 6.03 Å². The van der Waals surface area contributed by atoms with Crippen LogP contribution in [-0.2, 0) is 0 Å². The highest BCUT2D eigenvalue weighted by atomic mass is 16.5. The molecule has 2 rings (SSSR count). The van der Waals surface area contributed by atoms with Crippen LogP contribution >= 0.6 is 0 Å². The quantitative estimate of drug-likeness (QED) is 0.788. The number of urea groups is 1. The normalized spacial score (nSPS) is 9.83. The van der Waals surface area contributed by atoms with Gasteiger partial charge in [0.05, 0.1) is 14.2 Å². The molecule has 0 bridgehead atoms. The zero-order chi connectivity index (χ0) is 16.8. The van der Waals surface area contributed by atoms with Crippen LogP contribution in [0.5, 0.6) is 11.5 Å². The molecule has 2 aromatic carbocycles. The third-order valence-corrected chi connectivity index (χ3v) is 3.09. The van der Waals surface area contributed by atoms with Crippen LogP contribution < -0.4 is 25.8 Å². The molecule has 0 atom stereocenters. The number of hydrogen-bond acceptors (Lipinski definition) is 4. The van der Waals surface area contributed by atoms with Crippen LogP contribution in [0.1, 0.15) is 10.4 Å². The number of carbonyl (C=O) groups excluding carboxylic acids is 2. The van der Waals surface area contributed by atoms with Crippen molar-refractivity contribution in [2.45, 2.75) is 0 Å². The van der Waals surface area contributed by atoms with Crippen molar-refractivity contribution in [2.24, 2.45) is 5.73 Å². The summed E-state index contributed by atoms with van der Waals surface area (Å²) in [5, 5.41) is 5.32. The predicted octanol–water partition coefficient (Wildman–Crippen LogP) is 2.45. The minimum atomic E-state index is -0.528. The van der Waals surface area contributed by atoms with Gasteiger partial charge in [0.25, 0.3) is 0 Å². The maximum Gasteiger partial charge on any atom is 0.323 e. The number of primary amides is 1. The highest BCUT2D eigenvalue weighted by Gasteiger charge is 2.13. The molecule has 0 saturated carbocycles. The van der Waals surface area contributed by atoms with E-state index < -0.39 is 11.9 Å². The van der Waals surface area contributed by atoms with Gasteiger partial charge in [-0.15, -0.1) is 0 Å². The molecule has 7 heteroatoms. The summed E-state index contributed by atoms with van der Waals surface area (Å²) < 4.78 is 10.4. The van der Waals surface area contributed by atoms with E-state index in [0.29, 0.717) is 28.4 Å². The summed E-state index contributed by atoms with van der Waals surface area (Å²) in [6.07, 6.45) is 0. The molecule has 0 radical (unpaired) electrons. The molecular weight excluding hydrogens is 298 g/mol. The molecule has 0 heterocycles. The van der Waals surface area contributed by atoms with E-state index >= 15 is 0 Å². The van der Waals surface area contributed by atoms with Gasteiger partial charge in [-0.2, -0.15) is 0 Å². The number of para-hydroxylation sites is 1. The summed E-state index contributed by atoms with van der Waals surface area (Å²) in [5.41, 5.74) is 6.46. The smallest absolute Gasteiger partial charge is 0.323 e. The molecule has 4 N–H and O–H groups in total. The Morgan fingerprint density at radius 3 is 1.96 bits per heavy atom. The Bertz CT molecular complexity index is 692. The molecule has 0 aliphatic carbocycles. The maximum atomic E-state index is 12.1. The molecule has 2 aromatic rings. The van der Waals surface area contributed by atoms with Gasteiger partial charge in [0.15, 0.2) is 0 Å². The average molecular weight is 315 g/mol. The first-order chi connectivity index (χ1) is 11.0. The zero-order valence-corrected chi connectivity index (χ0v) is 12.8. The van der Waals surface area contributed by atoms with Crippen molar-refractivity contribution in [3.63, 3.8) is 0 Å². The fourth-order valence-electron chi connectivity index (χ4n) is 1.97. The van der Waals surface area contributed by atoms with E-state index in [1.54, 1.807) is 30.3 Å². The Morgan fingerprint density at radius 1 is 0.913 bits per heavy atom. The van der Waals surface area contributed by atoms with E-state index in [1.165, 1.54) is 26.4 Å². The summed E-state index contributed by atoms with van der Waals surface area (Å²) in [6, 6.07) is 10.9. The van der Waals surface area contributed by atoms with Crippen molar-refractivity contribution < 1.29 is 19.1 Å². The number of benzene rings is 2. The number of hydrogen-bond donors (Lipinski definition) is 3. The van der Waals surface area contributed by atoms with Crippen molar-refractivity contribution >= 4 is 23.3 Å². The molecule has 23 heavy (non-hydrogen) atoms. The highest BCUT2D eigenvalue weighted by Crippen LogP contribution is 2.34. The Balaban J connectivity index is 2.12. The lowest BCUT2D eigenvalue weighted by molar-refractivity contribution is 0.100. The minimum Gasteiger partial charge on any atom is -0.494 e. The van der Waals surface area contributed by atoms with Gasteiger partial charge in [-0.3, -0.25) is 4.79 Å². The van der Waals surface area contributed by atoms with E-state index in [-0.39, 0.29) is 0 Å². The zero-order valence-electron chi connectivity index (χ0n) is 12.8. The molecule has 0 spiro atoms. The fourth-order valence-corrected chi connectivity index (χ4v) is 1.97. The largest absolute Gasteiger partial charge is 0.494 e. The first-order valence-electron chi connectivity index (χ1n) is 6.74. The van der Waals surface area contributed by atoms with Crippen LogP contribution in [0, 0.1) is 0 Å². The van der Waals surface area contributed by atoms with E-state index in [2.05, 4.69) is 10.6 Å². The number of rotatable bonds is 5. The Labute approximate surface area is 133 Å². The number of nitrogens with two attached hydrogens (primary N) is 1. The second-order valence-electron chi connectivity index (χ2n) is 4.56. The summed E-state index contributed by atoms with van der Waals surface area (Å²) in [5.74, 6) is 0.423. The molecule has 0 unspecified atom stereocenters. The van der Waals surface area contributed by atoms with Gasteiger partial charge in [-0.1, -0.05) is 6.07 Å². The van der Waals surface area contributed by atoms with Gasteiger partial charge in [0, 0.05) is 11.3 Å². The van der Waals surface area contributed by atoms with Crippen LogP contribution in [0.25, 0.3) is 0 Å². The van der Waals surface area contributed by atoms with Gasteiger partial charge in [-0.05, 0) is 36.4 Å². The Morgan fingerprint density at radius 2 is 1.48 bits per heavy atom. The summed E-state index contributed by atoms with van der Waals surface area (Å²) in [6.45, 7) is 0. The van der Waals surface area contributed by atoms with Gasteiger partial charge < -0.3 is 25.8 Å². The average Bonchev–Trinajstić information content (AvgIpc) is 2.55. The van der Waals surface area contributed by atoms with Gasteiger partial charge in [0.1, 0.15) is 17.2 Å². The lowest BCUT2D eigenvalue weighted by Gasteiger charge is -2.14. The molecule has 3 amide bonds. The van der Waals surface area contributed by atoms with E-state index in [1.807, 2.05) is 0 Å². The Kier molecular flexibility index (Phi) is 5.03. The first kappa shape index (κ1) is 16.2. The van der Waals surface area contributed by atoms with Crippen molar-refractivity contribution in [3.05, 3.63) is 48.0 Å². The van der Waals surface area contributed by atoms with Crippen molar-refractivity contribution in [1.29, 1.82) is 0 Å². The second-order valence-corrected chi connectivity index (χ2v) is 4.56. The maximum absolute atomic E-state index is 12.1. The summed E-state index contributed by atoms with van der Waals surface area (Å²) in [4.78, 5) is 23.1. The van der Waals surface area contributed by atoms with Crippen LogP contribution in [0.3, 0.4) is 0 Å². The fraction of sp³-hybridized carbons (Fsp3) is 0.125. The topological polar surface area (TPSA) is 103 Å². The molecule has 120 valence electrons. The third kappa shape index (κ3) is 3.91. The number of amides is 3. The first-order valence-corrected chi connectivity index (χ1v) is 6.74. The van der Waals surface area contributed by atoms with Crippen molar-refractivity contribution in [1.82, 2.24) is 0 Å². The SMILES string of the molecule is COc1cccc(OC)c1NC(=O)Nc1ccc(C(N)=O)cc1. The van der Waals surface area contributed by atoms with Crippen LogP contribution in [0.2, 0.25) is 0 Å². The van der Waals surface area contributed by atoms with Crippen LogP contribution in [0.4, 0.5) is 16.2 Å². The highest BCUT2D eigenvalue weighted by molar-refractivity contribution is 6.02. The standard InChI is InChI=1S/C16H17N3O4/c1-22-12-4-3-5-13(23-2)14(12)19-16(21)18-11-8-6-10(7-9-11)15(17)20/h3-9H,1-2H3,(H2,17,20)(H2,18,19,21). The number of anilines is 2. The lowest BCUT2D eigenvalue weighted by Crippen LogP contribution is -2.20. The molecule has 0 saturated heterocycles. The second kappa shape index (κ2) is 7.17. The van der Waals surface area contributed by atoms with Crippen molar-refractivity contribution in [2.75, 3.05) is 24.9 Å². The number of carbonyl (C=O) groups is 2. The van der Waals surface area contributed by atoms with E-state index in [9.17, 15) is 9.59 Å². The minimum absolute atomic E-state index is 0.363. The molecule has 0 aromatic heterocycles. The monoisotopic (exact) mass is 315 g/mol. The lowest BCUT2D eigenvalue weighted by atomic mass is 10.2. The molecular formula is C16H17N3O4. The Hall–Kier alpha value is -3.22. The van der Waals surface area contributed by atoms with Gasteiger partial charge in [-0.25, -0.2) is 4.79 Å². The van der Waals surface area contributed by atoms with E-state index in [0.717, 1.165) is 0 Å². The summed E-state index contributed by atoms with van der Waals surface area (Å²) in [7, 11) is 3.00. The molecule has 0 aliphatic heterocycles. The number of nitrogens with one attached hydrogen (secondary N) is 2. The van der Waals surface area contributed by atoms with Crippen LogP contribution in [-0.4, -0.2) is 26.2 Å². The molecule has 0 fully saturated rings. The molecule has 7 nitrogen and oxygen atoms in total. The molecule has 0 aliphatic rings. The summed E-state index contributed by atoms with van der Waals surface area (Å²) >= 11 is 0. The van der Waals surface area contributed by atoms with Crippen LogP contribution in [0.15, 0.2) is 42.5 Å². The number of ether oxygens (including phenoxy) is 2. The van der Waals surface area contributed by atoms with E-state index in [4.69, 9.17) is 15.2 Å². The number of methoxy groups -OCH3 is 2. The van der Waals surface area contributed by atoms with Gasteiger partial charge in [0.2, 0.25) is 5.91 Å².